The summed E-state index contributed by atoms with van der Waals surface area (Å²) in [5.74, 6) is 0.592. The molecule has 1 aromatic carbocycles. The molecule has 1 unspecified atom stereocenters. The van der Waals surface area contributed by atoms with Crippen LogP contribution in [-0.4, -0.2) is 50.8 Å². The number of ether oxygens (including phenoxy) is 1. The largest absolute Gasteiger partial charge is 0.372 e. The van der Waals surface area contributed by atoms with Crippen LogP contribution in [0.1, 0.15) is 43.6 Å². The number of nitrogens with zero attached hydrogens (tertiary/aromatic N) is 5. The van der Waals surface area contributed by atoms with E-state index in [1.54, 1.807) is 0 Å². The number of tetrazole rings is 1. The molecule has 0 saturated carbocycles. The van der Waals surface area contributed by atoms with Gasteiger partial charge in [0.25, 0.3) is 0 Å². The second-order valence-corrected chi connectivity index (χ2v) is 6.01. The summed E-state index contributed by atoms with van der Waals surface area (Å²) in [5.41, 5.74) is 2.01. The van der Waals surface area contributed by atoms with Crippen LogP contribution in [0, 0.1) is 6.92 Å². The Labute approximate surface area is 141 Å². The number of carbonyl (C=O) groups excluding carboxylic acids is 1. The van der Waals surface area contributed by atoms with Crippen molar-refractivity contribution in [3.05, 3.63) is 35.7 Å². The first-order chi connectivity index (χ1) is 11.7. The average Bonchev–Trinajstić information content (AvgIpc) is 3.09. The maximum atomic E-state index is 12.4. The van der Waals surface area contributed by atoms with Gasteiger partial charge in [0.05, 0.1) is 11.7 Å². The number of piperidine rings is 1. The molecular weight excluding hydrogens is 306 g/mol. The van der Waals surface area contributed by atoms with Crippen LogP contribution in [0.2, 0.25) is 0 Å². The van der Waals surface area contributed by atoms with Crippen LogP contribution < -0.4 is 0 Å². The minimum absolute atomic E-state index is 0.00606. The van der Waals surface area contributed by atoms with Gasteiger partial charge in [-0.15, -0.1) is 15.0 Å². The van der Waals surface area contributed by atoms with Gasteiger partial charge in [-0.1, -0.05) is 12.1 Å². The Kier molecular flexibility index (Phi) is 5.20. The lowest BCUT2D eigenvalue weighted by molar-refractivity contribution is -0.140. The number of carbonyl (C=O) groups is 1. The number of hydrogen-bond acceptors (Lipinski definition) is 5. The van der Waals surface area contributed by atoms with Crippen molar-refractivity contribution in [2.24, 2.45) is 0 Å². The zero-order chi connectivity index (χ0) is 16.9. The number of rotatable bonds is 5. The van der Waals surface area contributed by atoms with Crippen molar-refractivity contribution in [1.82, 2.24) is 25.1 Å². The molecular formula is C17H23N5O2. The van der Waals surface area contributed by atoms with Crippen molar-refractivity contribution in [2.75, 3.05) is 19.8 Å². The van der Waals surface area contributed by atoms with Crippen LogP contribution in [0.5, 0.6) is 0 Å². The molecule has 2 heterocycles. The first kappa shape index (κ1) is 16.6. The molecule has 0 spiro atoms. The standard InChI is InChI=1S/C17H23N5O2/c1-3-24-12-16(23)21-10-5-4-9-15(21)17-18-20-22(19-17)14-8-6-7-13(2)11-14/h6-8,11,15H,3-5,9-10,12H2,1-2H3. The summed E-state index contributed by atoms with van der Waals surface area (Å²) in [5, 5.41) is 12.9. The zero-order valence-electron chi connectivity index (χ0n) is 14.2. The Morgan fingerprint density at radius 1 is 1.38 bits per heavy atom. The van der Waals surface area contributed by atoms with Gasteiger partial charge in [-0.05, 0) is 56.0 Å². The minimum atomic E-state index is -0.120. The van der Waals surface area contributed by atoms with Gasteiger partial charge in [-0.3, -0.25) is 4.79 Å². The van der Waals surface area contributed by atoms with Crippen LogP contribution >= 0.6 is 0 Å². The molecule has 2 aromatic rings. The number of aryl methyl sites for hydroxylation is 1. The molecule has 1 aromatic heterocycles. The molecule has 1 aliphatic heterocycles. The van der Waals surface area contributed by atoms with Crippen LogP contribution in [0.15, 0.2) is 24.3 Å². The quantitative estimate of drug-likeness (QED) is 0.839. The first-order valence-electron chi connectivity index (χ1n) is 8.43. The summed E-state index contributed by atoms with van der Waals surface area (Å²) in [7, 11) is 0. The van der Waals surface area contributed by atoms with Crippen LogP contribution in [-0.2, 0) is 9.53 Å². The third-order valence-corrected chi connectivity index (χ3v) is 4.21. The number of amides is 1. The fraction of sp³-hybridized carbons (Fsp3) is 0.529. The molecule has 0 bridgehead atoms. The highest BCUT2D eigenvalue weighted by Gasteiger charge is 2.31. The lowest BCUT2D eigenvalue weighted by Crippen LogP contribution is -2.41. The molecule has 7 nitrogen and oxygen atoms in total. The Bertz CT molecular complexity index is 700. The molecule has 1 amide bonds. The maximum Gasteiger partial charge on any atom is 0.249 e. The van der Waals surface area contributed by atoms with Crippen LogP contribution in [0.25, 0.3) is 5.69 Å². The van der Waals surface area contributed by atoms with Gasteiger partial charge in [-0.25, -0.2) is 0 Å². The number of hydrogen-bond donors (Lipinski definition) is 0. The second kappa shape index (κ2) is 7.53. The molecule has 1 fully saturated rings. The number of aromatic nitrogens is 4. The Morgan fingerprint density at radius 2 is 2.25 bits per heavy atom. The van der Waals surface area contributed by atoms with Gasteiger partial charge in [-0.2, -0.15) is 0 Å². The van der Waals surface area contributed by atoms with Gasteiger partial charge < -0.3 is 9.64 Å². The van der Waals surface area contributed by atoms with E-state index in [1.165, 1.54) is 4.80 Å². The van der Waals surface area contributed by atoms with E-state index in [0.717, 1.165) is 37.1 Å². The van der Waals surface area contributed by atoms with E-state index in [1.807, 2.05) is 43.0 Å². The molecule has 0 N–H and O–H groups in total. The summed E-state index contributed by atoms with van der Waals surface area (Å²) in [4.78, 5) is 15.7. The Morgan fingerprint density at radius 3 is 3.04 bits per heavy atom. The highest BCUT2D eigenvalue weighted by atomic mass is 16.5. The maximum absolute atomic E-state index is 12.4. The first-order valence-corrected chi connectivity index (χ1v) is 8.43. The summed E-state index contributed by atoms with van der Waals surface area (Å²) >= 11 is 0. The van der Waals surface area contributed by atoms with Gasteiger partial charge in [0.1, 0.15) is 6.61 Å². The summed E-state index contributed by atoms with van der Waals surface area (Å²) in [6.45, 7) is 5.27. The van der Waals surface area contributed by atoms with Gasteiger partial charge >= 0.3 is 0 Å². The van der Waals surface area contributed by atoms with E-state index in [2.05, 4.69) is 15.4 Å². The van der Waals surface area contributed by atoms with Crippen molar-refractivity contribution in [3.63, 3.8) is 0 Å². The SMILES string of the molecule is CCOCC(=O)N1CCCCC1c1nnn(-c2cccc(C)c2)n1. The van der Waals surface area contributed by atoms with Gasteiger partial charge in [0.2, 0.25) is 5.91 Å². The molecule has 1 atom stereocenters. The molecule has 24 heavy (non-hydrogen) atoms. The normalized spacial score (nSPS) is 17.9. The van der Waals surface area contributed by atoms with Crippen molar-refractivity contribution < 1.29 is 9.53 Å². The topological polar surface area (TPSA) is 73.1 Å². The second-order valence-electron chi connectivity index (χ2n) is 6.01. The number of benzene rings is 1. The van der Waals surface area contributed by atoms with E-state index in [9.17, 15) is 4.79 Å². The Hall–Kier alpha value is -2.28. The van der Waals surface area contributed by atoms with Crippen molar-refractivity contribution in [1.29, 1.82) is 0 Å². The fourth-order valence-electron chi connectivity index (χ4n) is 2.99. The summed E-state index contributed by atoms with van der Waals surface area (Å²) in [6.07, 6.45) is 2.92. The summed E-state index contributed by atoms with van der Waals surface area (Å²) < 4.78 is 5.27. The zero-order valence-corrected chi connectivity index (χ0v) is 14.2. The smallest absolute Gasteiger partial charge is 0.249 e. The predicted molar refractivity (Wildman–Crippen MR) is 88.7 cm³/mol. The van der Waals surface area contributed by atoms with Gasteiger partial charge in [0.15, 0.2) is 5.82 Å². The molecule has 3 rings (SSSR count). The van der Waals surface area contributed by atoms with Gasteiger partial charge in [0, 0.05) is 13.2 Å². The Balaban J connectivity index is 1.80. The lowest BCUT2D eigenvalue weighted by Gasteiger charge is -2.33. The summed E-state index contributed by atoms with van der Waals surface area (Å²) in [6, 6.07) is 7.81. The third-order valence-electron chi connectivity index (χ3n) is 4.21. The highest BCUT2D eigenvalue weighted by Crippen LogP contribution is 2.28. The third kappa shape index (κ3) is 3.62. The fourth-order valence-corrected chi connectivity index (χ4v) is 2.99. The molecule has 0 radical (unpaired) electrons. The average molecular weight is 329 g/mol. The molecule has 0 aliphatic carbocycles. The minimum Gasteiger partial charge on any atom is -0.372 e. The monoisotopic (exact) mass is 329 g/mol. The predicted octanol–water partition coefficient (Wildman–Crippen LogP) is 2.06. The highest BCUT2D eigenvalue weighted by molar-refractivity contribution is 5.78. The van der Waals surface area contributed by atoms with E-state index in [-0.39, 0.29) is 18.6 Å². The van der Waals surface area contributed by atoms with E-state index < -0.39 is 0 Å². The molecule has 7 heteroatoms. The molecule has 1 aliphatic rings. The van der Waals surface area contributed by atoms with Crippen molar-refractivity contribution >= 4 is 5.91 Å². The van der Waals surface area contributed by atoms with Crippen molar-refractivity contribution in [3.8, 4) is 5.69 Å². The lowest BCUT2D eigenvalue weighted by atomic mass is 10.0. The van der Waals surface area contributed by atoms with Crippen LogP contribution in [0.4, 0.5) is 0 Å². The number of likely N-dealkylation sites (tertiary alicyclic amines) is 1. The van der Waals surface area contributed by atoms with Crippen molar-refractivity contribution in [2.45, 2.75) is 39.2 Å². The molecule has 1 saturated heterocycles. The van der Waals surface area contributed by atoms with E-state index in [4.69, 9.17) is 4.74 Å². The van der Waals surface area contributed by atoms with E-state index in [0.29, 0.717) is 12.4 Å². The van der Waals surface area contributed by atoms with E-state index >= 15 is 0 Å². The van der Waals surface area contributed by atoms with Crippen LogP contribution in [0.3, 0.4) is 0 Å². The molecule has 128 valence electrons.